The van der Waals surface area contributed by atoms with Gasteiger partial charge in [-0.1, -0.05) is 49.3 Å². The molecule has 156 valence electrons. The molecule has 0 radical (unpaired) electrons. The van der Waals surface area contributed by atoms with Crippen molar-refractivity contribution >= 4 is 11.9 Å². The number of nitrogens with zero attached hydrogens (tertiary/aromatic N) is 1. The summed E-state index contributed by atoms with van der Waals surface area (Å²) in [7, 11) is 1.28. The monoisotopic (exact) mass is 408 g/mol. The van der Waals surface area contributed by atoms with Crippen molar-refractivity contribution in [2.45, 2.75) is 26.5 Å². The molecule has 1 heterocycles. The molecule has 0 bridgehead atoms. The summed E-state index contributed by atoms with van der Waals surface area (Å²) in [6.07, 6.45) is 0. The van der Waals surface area contributed by atoms with Crippen LogP contribution in [0.4, 0.5) is 0 Å². The van der Waals surface area contributed by atoms with Gasteiger partial charge < -0.3 is 19.3 Å². The van der Waals surface area contributed by atoms with E-state index in [1.165, 1.54) is 13.2 Å². The van der Waals surface area contributed by atoms with E-state index in [2.05, 4.69) is 10.5 Å². The molecule has 30 heavy (non-hydrogen) atoms. The molecule has 0 aliphatic heterocycles. The van der Waals surface area contributed by atoms with Crippen LogP contribution in [0.3, 0.4) is 0 Å². The Bertz CT molecular complexity index is 980. The lowest BCUT2D eigenvalue weighted by Crippen LogP contribution is -2.44. The van der Waals surface area contributed by atoms with Crippen molar-refractivity contribution in [3.05, 3.63) is 72.0 Å². The van der Waals surface area contributed by atoms with Crippen LogP contribution in [0.2, 0.25) is 0 Å². The fraction of sp³-hybridized carbons (Fsp3) is 0.261. The second-order valence-corrected chi connectivity index (χ2v) is 7.09. The van der Waals surface area contributed by atoms with E-state index in [1.54, 1.807) is 0 Å². The molecule has 3 aromatic rings. The first-order valence-electron chi connectivity index (χ1n) is 9.60. The zero-order chi connectivity index (χ0) is 21.5. The third-order valence-electron chi connectivity index (χ3n) is 4.54. The molecule has 0 saturated heterocycles. The Balaban J connectivity index is 1.63. The van der Waals surface area contributed by atoms with E-state index < -0.39 is 17.9 Å². The maximum absolute atomic E-state index is 12.4. The molecular weight excluding hydrogens is 384 g/mol. The maximum atomic E-state index is 12.4. The van der Waals surface area contributed by atoms with Gasteiger partial charge in [-0.2, -0.15) is 0 Å². The normalized spacial score (nSPS) is 11.7. The van der Waals surface area contributed by atoms with Crippen LogP contribution in [0.15, 0.2) is 65.2 Å². The van der Waals surface area contributed by atoms with Crippen molar-refractivity contribution in [3.8, 4) is 17.0 Å². The Kier molecular flexibility index (Phi) is 6.85. The predicted molar refractivity (Wildman–Crippen MR) is 111 cm³/mol. The van der Waals surface area contributed by atoms with Crippen molar-refractivity contribution in [2.24, 2.45) is 5.92 Å². The van der Waals surface area contributed by atoms with Crippen molar-refractivity contribution in [3.63, 3.8) is 0 Å². The molecule has 0 aliphatic rings. The van der Waals surface area contributed by atoms with Crippen molar-refractivity contribution in [1.29, 1.82) is 0 Å². The van der Waals surface area contributed by atoms with Gasteiger partial charge in [0.2, 0.25) is 5.76 Å². The van der Waals surface area contributed by atoms with Gasteiger partial charge >= 0.3 is 5.97 Å². The van der Waals surface area contributed by atoms with E-state index in [-0.39, 0.29) is 11.7 Å². The summed E-state index contributed by atoms with van der Waals surface area (Å²) in [5.41, 5.74) is 2.37. The van der Waals surface area contributed by atoms with Gasteiger partial charge in [0.05, 0.1) is 7.11 Å². The Labute approximate surface area is 175 Å². The van der Waals surface area contributed by atoms with Crippen molar-refractivity contribution in [2.75, 3.05) is 7.11 Å². The van der Waals surface area contributed by atoms with Gasteiger partial charge in [0.15, 0.2) is 0 Å². The lowest BCUT2D eigenvalue weighted by Gasteiger charge is -2.18. The third-order valence-corrected chi connectivity index (χ3v) is 4.54. The second kappa shape index (κ2) is 9.73. The number of aromatic nitrogens is 1. The predicted octanol–water partition coefficient (Wildman–Crippen LogP) is 3.85. The van der Waals surface area contributed by atoms with Gasteiger partial charge in [-0.05, 0) is 35.7 Å². The van der Waals surface area contributed by atoms with Gasteiger partial charge in [-0.25, -0.2) is 4.79 Å². The number of amides is 1. The summed E-state index contributed by atoms with van der Waals surface area (Å²) in [5, 5.41) is 6.58. The number of benzene rings is 2. The molecule has 0 fully saturated rings. The van der Waals surface area contributed by atoms with Crippen LogP contribution < -0.4 is 10.1 Å². The lowest BCUT2D eigenvalue weighted by molar-refractivity contribution is -0.144. The minimum atomic E-state index is -0.767. The number of rotatable bonds is 8. The van der Waals surface area contributed by atoms with Gasteiger partial charge in [-0.15, -0.1) is 0 Å². The van der Waals surface area contributed by atoms with Crippen molar-refractivity contribution < 1.29 is 23.6 Å². The molecule has 0 spiro atoms. The molecule has 1 amide bonds. The first kappa shape index (κ1) is 21.1. The van der Waals surface area contributed by atoms with E-state index in [9.17, 15) is 9.59 Å². The Morgan fingerprint density at radius 3 is 2.40 bits per heavy atom. The van der Waals surface area contributed by atoms with Crippen LogP contribution in [0.25, 0.3) is 11.3 Å². The molecule has 1 unspecified atom stereocenters. The summed E-state index contributed by atoms with van der Waals surface area (Å²) in [5.74, 6) is -0.428. The van der Waals surface area contributed by atoms with Crippen molar-refractivity contribution in [1.82, 2.24) is 10.5 Å². The highest BCUT2D eigenvalue weighted by Gasteiger charge is 2.27. The highest BCUT2D eigenvalue weighted by atomic mass is 16.5. The lowest BCUT2D eigenvalue weighted by atomic mass is 10.0. The quantitative estimate of drug-likeness (QED) is 0.570. The van der Waals surface area contributed by atoms with Crippen LogP contribution in [0, 0.1) is 5.92 Å². The van der Waals surface area contributed by atoms with Gasteiger partial charge in [0.1, 0.15) is 24.1 Å². The molecular formula is C23H24N2O5. The number of hydrogen-bond acceptors (Lipinski definition) is 6. The Morgan fingerprint density at radius 1 is 1.07 bits per heavy atom. The van der Waals surface area contributed by atoms with Crippen LogP contribution in [-0.4, -0.2) is 30.2 Å². The number of methoxy groups -OCH3 is 1. The summed E-state index contributed by atoms with van der Waals surface area (Å²) in [6.45, 7) is 4.11. The molecule has 7 nitrogen and oxygen atoms in total. The van der Waals surface area contributed by atoms with Crippen LogP contribution in [-0.2, 0) is 16.1 Å². The van der Waals surface area contributed by atoms with E-state index in [0.29, 0.717) is 12.3 Å². The zero-order valence-electron chi connectivity index (χ0n) is 17.1. The van der Waals surface area contributed by atoms with Crippen LogP contribution in [0.1, 0.15) is 30.0 Å². The number of nitrogens with one attached hydrogen (secondary N) is 1. The Morgan fingerprint density at radius 2 is 1.77 bits per heavy atom. The smallest absolute Gasteiger partial charge is 0.328 e. The number of hydrogen-bond donors (Lipinski definition) is 1. The third kappa shape index (κ3) is 5.26. The van der Waals surface area contributed by atoms with E-state index in [1.807, 2.05) is 68.4 Å². The fourth-order valence-electron chi connectivity index (χ4n) is 2.82. The fourth-order valence-corrected chi connectivity index (χ4v) is 2.82. The molecule has 1 aromatic heterocycles. The molecule has 2 aromatic carbocycles. The van der Waals surface area contributed by atoms with Crippen LogP contribution >= 0.6 is 0 Å². The summed E-state index contributed by atoms with van der Waals surface area (Å²) in [6, 6.07) is 18.0. The van der Waals surface area contributed by atoms with E-state index >= 15 is 0 Å². The summed E-state index contributed by atoms with van der Waals surface area (Å²) < 4.78 is 15.7. The highest BCUT2D eigenvalue weighted by molar-refractivity contribution is 5.95. The number of ether oxygens (including phenoxy) is 2. The first-order valence-corrected chi connectivity index (χ1v) is 9.60. The Hall–Kier alpha value is -3.61. The molecule has 0 aliphatic carbocycles. The van der Waals surface area contributed by atoms with E-state index in [0.717, 1.165) is 16.9 Å². The topological polar surface area (TPSA) is 90.7 Å². The minimum absolute atomic E-state index is 0.0176. The number of carbonyl (C=O) groups is 2. The average Bonchev–Trinajstić information content (AvgIpc) is 3.26. The standard InChI is InChI=1S/C23H24N2O5/c1-15(2)21(23(27)28-3)24-22(26)20-13-19(25-30-20)17-9-11-18(12-10-17)29-14-16-7-5-4-6-8-16/h4-13,15,21H,14H2,1-3H3,(H,24,26). The second-order valence-electron chi connectivity index (χ2n) is 7.09. The molecule has 7 heteroatoms. The molecule has 1 atom stereocenters. The number of esters is 1. The zero-order valence-corrected chi connectivity index (χ0v) is 17.1. The SMILES string of the molecule is COC(=O)C(NC(=O)c1cc(-c2ccc(OCc3ccccc3)cc2)no1)C(C)C. The maximum Gasteiger partial charge on any atom is 0.328 e. The molecule has 1 N–H and O–H groups in total. The largest absolute Gasteiger partial charge is 0.489 e. The number of carbonyl (C=O) groups excluding carboxylic acids is 2. The highest BCUT2D eigenvalue weighted by Crippen LogP contribution is 2.23. The van der Waals surface area contributed by atoms with Gasteiger partial charge in [0, 0.05) is 11.6 Å². The van der Waals surface area contributed by atoms with Gasteiger partial charge in [0.25, 0.3) is 5.91 Å². The van der Waals surface area contributed by atoms with Crippen LogP contribution in [0.5, 0.6) is 5.75 Å². The van der Waals surface area contributed by atoms with Gasteiger partial charge in [-0.3, -0.25) is 4.79 Å². The van der Waals surface area contributed by atoms with E-state index in [4.69, 9.17) is 14.0 Å². The molecule has 0 saturated carbocycles. The summed E-state index contributed by atoms with van der Waals surface area (Å²) in [4.78, 5) is 24.3. The molecule has 3 rings (SSSR count). The minimum Gasteiger partial charge on any atom is -0.489 e. The summed E-state index contributed by atoms with van der Waals surface area (Å²) >= 11 is 0. The first-order chi connectivity index (χ1) is 14.5. The average molecular weight is 408 g/mol.